The van der Waals surface area contributed by atoms with Gasteiger partial charge in [0.05, 0.1) is 19.3 Å². The lowest BCUT2D eigenvalue weighted by Gasteiger charge is -2.55. The Hall–Kier alpha value is -0.380. The second-order valence-electron chi connectivity index (χ2n) is 9.85. The number of rotatable bonds is 0. The van der Waals surface area contributed by atoms with Crippen LogP contribution >= 0.6 is 0 Å². The fourth-order valence-corrected chi connectivity index (χ4v) is 7.92. The van der Waals surface area contributed by atoms with Crippen LogP contribution in [0.4, 0.5) is 0 Å². The van der Waals surface area contributed by atoms with Crippen LogP contribution < -0.4 is 0 Å². The van der Waals surface area contributed by atoms with E-state index in [1.165, 1.54) is 32.1 Å². The highest BCUT2D eigenvalue weighted by Gasteiger charge is 2.69. The van der Waals surface area contributed by atoms with Crippen LogP contribution in [-0.2, 0) is 9.47 Å². The van der Waals surface area contributed by atoms with Gasteiger partial charge in [-0.15, -0.1) is 0 Å². The number of ether oxygens (including phenoxy) is 2. The summed E-state index contributed by atoms with van der Waals surface area (Å²) in [6.45, 7) is 3.94. The molecule has 7 unspecified atom stereocenters. The molecule has 5 fully saturated rings. The van der Waals surface area contributed by atoms with Gasteiger partial charge >= 0.3 is 0 Å². The second-order valence-corrected chi connectivity index (χ2v) is 9.85. The van der Waals surface area contributed by atoms with Gasteiger partial charge in [0.15, 0.2) is 5.79 Å². The van der Waals surface area contributed by atoms with Crippen LogP contribution in [0.15, 0.2) is 11.6 Å². The van der Waals surface area contributed by atoms with Gasteiger partial charge in [-0.1, -0.05) is 18.6 Å². The molecule has 0 aromatic carbocycles. The average Bonchev–Trinajstić information content (AvgIpc) is 3.18. The highest BCUT2D eigenvalue weighted by Crippen LogP contribution is 2.71. The SMILES string of the molecule is C[C@]12CCC3C4CCC5(CC4=CCC3C1C1CC1C2O)OCCO5. The Balaban J connectivity index is 1.31. The fraction of sp³-hybridized carbons (Fsp3) is 0.905. The van der Waals surface area contributed by atoms with Crippen molar-refractivity contribution in [2.75, 3.05) is 13.2 Å². The Morgan fingerprint density at radius 3 is 2.71 bits per heavy atom. The molecule has 1 spiro atoms. The number of fused-ring (bicyclic) bond motifs is 7. The molecular weight excluding hydrogens is 300 g/mol. The van der Waals surface area contributed by atoms with Crippen LogP contribution in [0.1, 0.15) is 51.9 Å². The molecule has 1 aliphatic heterocycles. The van der Waals surface area contributed by atoms with Gasteiger partial charge in [-0.25, -0.2) is 0 Å². The van der Waals surface area contributed by atoms with Crippen molar-refractivity contribution in [3.8, 4) is 0 Å². The zero-order chi connectivity index (χ0) is 16.1. The highest BCUT2D eigenvalue weighted by molar-refractivity contribution is 5.24. The van der Waals surface area contributed by atoms with E-state index in [0.717, 1.165) is 55.6 Å². The minimum Gasteiger partial charge on any atom is -0.392 e. The first-order valence-electron chi connectivity index (χ1n) is 10.3. The van der Waals surface area contributed by atoms with Crippen LogP contribution in [-0.4, -0.2) is 30.2 Å². The fourth-order valence-electron chi connectivity index (χ4n) is 7.92. The third kappa shape index (κ3) is 1.74. The summed E-state index contributed by atoms with van der Waals surface area (Å²) >= 11 is 0. The molecule has 1 N–H and O–H groups in total. The maximum absolute atomic E-state index is 10.8. The summed E-state index contributed by atoms with van der Waals surface area (Å²) in [5, 5.41) is 10.8. The summed E-state index contributed by atoms with van der Waals surface area (Å²) in [6.07, 6.45) is 11.0. The molecule has 8 atom stereocenters. The molecule has 0 bridgehead atoms. The number of hydrogen-bond acceptors (Lipinski definition) is 3. The Kier molecular flexibility index (Phi) is 2.87. The van der Waals surface area contributed by atoms with Crippen LogP contribution in [0.3, 0.4) is 0 Å². The van der Waals surface area contributed by atoms with Gasteiger partial charge in [0.2, 0.25) is 0 Å². The summed E-state index contributed by atoms with van der Waals surface area (Å²) in [4.78, 5) is 0. The third-order valence-corrected chi connectivity index (χ3v) is 8.99. The van der Waals surface area contributed by atoms with E-state index in [-0.39, 0.29) is 17.3 Å². The normalized spacial score (nSPS) is 56.9. The summed E-state index contributed by atoms with van der Waals surface area (Å²) in [5.41, 5.74) is 1.85. The molecule has 24 heavy (non-hydrogen) atoms. The molecule has 0 radical (unpaired) electrons. The van der Waals surface area contributed by atoms with Gasteiger partial charge in [0, 0.05) is 12.8 Å². The van der Waals surface area contributed by atoms with Crippen molar-refractivity contribution in [1.82, 2.24) is 0 Å². The summed E-state index contributed by atoms with van der Waals surface area (Å²) < 4.78 is 12.0. The Labute approximate surface area is 144 Å². The van der Waals surface area contributed by atoms with Gasteiger partial charge in [0.25, 0.3) is 0 Å². The molecule has 4 saturated carbocycles. The molecule has 3 heteroatoms. The van der Waals surface area contributed by atoms with Crippen LogP contribution in [0.5, 0.6) is 0 Å². The molecule has 3 nitrogen and oxygen atoms in total. The maximum Gasteiger partial charge on any atom is 0.172 e. The summed E-state index contributed by atoms with van der Waals surface area (Å²) in [7, 11) is 0. The van der Waals surface area contributed by atoms with Gasteiger partial charge in [0.1, 0.15) is 0 Å². The van der Waals surface area contributed by atoms with E-state index in [4.69, 9.17) is 9.47 Å². The van der Waals surface area contributed by atoms with Crippen LogP contribution in [0.25, 0.3) is 0 Å². The molecular formula is C21H30O3. The molecule has 1 heterocycles. The Morgan fingerprint density at radius 2 is 1.88 bits per heavy atom. The van der Waals surface area contributed by atoms with E-state index in [0.29, 0.717) is 5.92 Å². The van der Waals surface area contributed by atoms with Gasteiger partial charge in [-0.2, -0.15) is 0 Å². The Bertz CT molecular complexity index is 592. The molecule has 0 aromatic heterocycles. The van der Waals surface area contributed by atoms with E-state index >= 15 is 0 Å². The number of aliphatic hydroxyl groups excluding tert-OH is 1. The molecule has 5 aliphatic carbocycles. The largest absolute Gasteiger partial charge is 0.392 e. The van der Waals surface area contributed by atoms with Crippen molar-refractivity contribution in [3.63, 3.8) is 0 Å². The number of hydrogen-bond donors (Lipinski definition) is 1. The highest BCUT2D eigenvalue weighted by atomic mass is 16.7. The smallest absolute Gasteiger partial charge is 0.172 e. The monoisotopic (exact) mass is 330 g/mol. The second kappa shape index (κ2) is 4.66. The zero-order valence-electron chi connectivity index (χ0n) is 14.7. The van der Waals surface area contributed by atoms with E-state index < -0.39 is 0 Å². The van der Waals surface area contributed by atoms with Gasteiger partial charge < -0.3 is 14.6 Å². The first kappa shape index (κ1) is 14.8. The van der Waals surface area contributed by atoms with E-state index in [2.05, 4.69) is 13.0 Å². The number of aliphatic hydroxyl groups is 1. The first-order chi connectivity index (χ1) is 11.6. The predicted molar refractivity (Wildman–Crippen MR) is 90.1 cm³/mol. The third-order valence-electron chi connectivity index (χ3n) is 8.99. The molecule has 0 amide bonds. The number of allylic oxidation sites excluding steroid dienone is 1. The van der Waals surface area contributed by atoms with Crippen molar-refractivity contribution < 1.29 is 14.6 Å². The van der Waals surface area contributed by atoms with E-state index in [9.17, 15) is 5.11 Å². The summed E-state index contributed by atoms with van der Waals surface area (Å²) in [6, 6.07) is 0. The minimum atomic E-state index is -0.274. The maximum atomic E-state index is 10.8. The average molecular weight is 330 g/mol. The molecule has 6 rings (SSSR count). The van der Waals surface area contributed by atoms with Crippen molar-refractivity contribution in [3.05, 3.63) is 11.6 Å². The van der Waals surface area contributed by atoms with Crippen LogP contribution in [0, 0.1) is 40.9 Å². The molecule has 1 saturated heterocycles. The molecule has 6 aliphatic rings. The lowest BCUT2D eigenvalue weighted by atomic mass is 9.51. The van der Waals surface area contributed by atoms with Gasteiger partial charge in [-0.3, -0.25) is 0 Å². The van der Waals surface area contributed by atoms with Crippen molar-refractivity contribution >= 4 is 0 Å². The predicted octanol–water partition coefficient (Wildman–Crippen LogP) is 3.52. The Morgan fingerprint density at radius 1 is 1.04 bits per heavy atom. The quantitative estimate of drug-likeness (QED) is 0.691. The van der Waals surface area contributed by atoms with Crippen molar-refractivity contribution in [2.45, 2.75) is 63.8 Å². The summed E-state index contributed by atoms with van der Waals surface area (Å²) in [5.74, 6) is 4.43. The van der Waals surface area contributed by atoms with E-state index in [1.54, 1.807) is 5.57 Å². The lowest BCUT2D eigenvalue weighted by Crippen LogP contribution is -2.50. The van der Waals surface area contributed by atoms with Crippen LogP contribution in [0.2, 0.25) is 0 Å². The topological polar surface area (TPSA) is 38.7 Å². The van der Waals surface area contributed by atoms with Gasteiger partial charge in [-0.05, 0) is 73.0 Å². The van der Waals surface area contributed by atoms with E-state index in [1.807, 2.05) is 0 Å². The molecule has 132 valence electrons. The van der Waals surface area contributed by atoms with Crippen molar-refractivity contribution in [2.24, 2.45) is 40.9 Å². The zero-order valence-corrected chi connectivity index (χ0v) is 14.7. The van der Waals surface area contributed by atoms with Crippen molar-refractivity contribution in [1.29, 1.82) is 0 Å². The standard InChI is InChI=1S/C21H30O3/c1-20-6-4-14-13-5-7-21(23-8-9-24-21)11-12(13)2-3-15(14)18(20)16-10-17(16)19(20)22/h2,13-19,22H,3-11H2,1H3/t13?,14?,15?,16?,17?,18?,19?,20-/m0/s1. The lowest BCUT2D eigenvalue weighted by molar-refractivity contribution is -0.177. The minimum absolute atomic E-state index is 0.0197. The first-order valence-corrected chi connectivity index (χ1v) is 10.3. The molecule has 0 aromatic rings.